The first-order chi connectivity index (χ1) is 6.22. The van der Waals surface area contributed by atoms with Crippen molar-refractivity contribution in [2.24, 2.45) is 5.92 Å². The molecule has 1 aromatic heterocycles. The molecule has 0 aliphatic carbocycles. The van der Waals surface area contributed by atoms with Crippen molar-refractivity contribution in [1.29, 1.82) is 0 Å². The van der Waals surface area contributed by atoms with E-state index in [2.05, 4.69) is 30.3 Å². The average Bonchev–Trinajstić information content (AvgIpc) is 2.47. The Morgan fingerprint density at radius 1 is 1.54 bits per heavy atom. The van der Waals surface area contributed by atoms with Gasteiger partial charge in [-0.15, -0.1) is 0 Å². The molecule has 2 rings (SSSR count). The molecule has 1 aromatic rings. The maximum atomic E-state index is 4.49. The number of hydrogen-bond acceptors (Lipinski definition) is 1. The molecule has 1 aliphatic heterocycles. The first-order valence-electron chi connectivity index (χ1n) is 5.27. The standard InChI is InChI=1S/C11H18N2/c1-4-10-7-12-11-6-8(2)5-9(3)13(10)11/h7-9H,4-6H2,1-3H3. The van der Waals surface area contributed by atoms with Gasteiger partial charge >= 0.3 is 0 Å². The van der Waals surface area contributed by atoms with Crippen LogP contribution in [0.4, 0.5) is 0 Å². The van der Waals surface area contributed by atoms with E-state index in [0.29, 0.717) is 6.04 Å². The molecule has 2 heteroatoms. The summed E-state index contributed by atoms with van der Waals surface area (Å²) in [5.74, 6) is 2.10. The van der Waals surface area contributed by atoms with Crippen LogP contribution in [0, 0.1) is 5.92 Å². The first-order valence-corrected chi connectivity index (χ1v) is 5.27. The average molecular weight is 178 g/mol. The van der Waals surface area contributed by atoms with Crippen molar-refractivity contribution < 1.29 is 0 Å². The molecule has 72 valence electrons. The number of nitrogens with zero attached hydrogens (tertiary/aromatic N) is 2. The van der Waals surface area contributed by atoms with Gasteiger partial charge in [0, 0.05) is 24.4 Å². The van der Waals surface area contributed by atoms with Gasteiger partial charge in [0.1, 0.15) is 5.82 Å². The summed E-state index contributed by atoms with van der Waals surface area (Å²) in [5, 5.41) is 0. The minimum atomic E-state index is 0.649. The van der Waals surface area contributed by atoms with Crippen molar-refractivity contribution in [3.8, 4) is 0 Å². The second-order valence-electron chi connectivity index (χ2n) is 4.28. The number of fused-ring (bicyclic) bond motifs is 1. The smallest absolute Gasteiger partial charge is 0.109 e. The van der Waals surface area contributed by atoms with Gasteiger partial charge in [-0.05, 0) is 25.7 Å². The van der Waals surface area contributed by atoms with Crippen molar-refractivity contribution in [1.82, 2.24) is 9.55 Å². The lowest BCUT2D eigenvalue weighted by Gasteiger charge is -2.28. The van der Waals surface area contributed by atoms with Crippen LogP contribution in [0.2, 0.25) is 0 Å². The second kappa shape index (κ2) is 3.17. The van der Waals surface area contributed by atoms with Crippen LogP contribution in [-0.2, 0) is 12.8 Å². The number of aryl methyl sites for hydroxylation is 1. The molecule has 13 heavy (non-hydrogen) atoms. The Balaban J connectivity index is 2.40. The van der Waals surface area contributed by atoms with Crippen LogP contribution in [0.5, 0.6) is 0 Å². The number of rotatable bonds is 1. The summed E-state index contributed by atoms with van der Waals surface area (Å²) in [4.78, 5) is 4.49. The summed E-state index contributed by atoms with van der Waals surface area (Å²) in [7, 11) is 0. The third-order valence-corrected chi connectivity index (χ3v) is 3.03. The molecule has 0 spiro atoms. The summed E-state index contributed by atoms with van der Waals surface area (Å²) >= 11 is 0. The molecule has 0 N–H and O–H groups in total. The Labute approximate surface area is 80.0 Å². The zero-order valence-electron chi connectivity index (χ0n) is 8.75. The van der Waals surface area contributed by atoms with Crippen molar-refractivity contribution >= 4 is 0 Å². The van der Waals surface area contributed by atoms with Gasteiger partial charge in [0.2, 0.25) is 0 Å². The minimum absolute atomic E-state index is 0.649. The fourth-order valence-corrected chi connectivity index (χ4v) is 2.47. The Kier molecular flexibility index (Phi) is 2.14. The molecule has 0 saturated heterocycles. The van der Waals surface area contributed by atoms with Gasteiger partial charge in [0.25, 0.3) is 0 Å². The predicted octanol–water partition coefficient (Wildman–Crippen LogP) is 2.59. The van der Waals surface area contributed by atoms with E-state index < -0.39 is 0 Å². The molecule has 0 aromatic carbocycles. The third kappa shape index (κ3) is 1.38. The molecule has 2 unspecified atom stereocenters. The van der Waals surface area contributed by atoms with Crippen LogP contribution in [0.1, 0.15) is 44.8 Å². The maximum Gasteiger partial charge on any atom is 0.109 e. The van der Waals surface area contributed by atoms with E-state index in [4.69, 9.17) is 0 Å². The second-order valence-corrected chi connectivity index (χ2v) is 4.28. The van der Waals surface area contributed by atoms with Gasteiger partial charge in [-0.25, -0.2) is 4.98 Å². The van der Waals surface area contributed by atoms with E-state index in [1.807, 2.05) is 6.20 Å². The summed E-state index contributed by atoms with van der Waals surface area (Å²) in [5.41, 5.74) is 1.40. The SMILES string of the molecule is CCc1cnc2n1C(C)CC(C)C2. The fourth-order valence-electron chi connectivity index (χ4n) is 2.47. The highest BCUT2D eigenvalue weighted by Gasteiger charge is 2.23. The van der Waals surface area contributed by atoms with E-state index in [1.165, 1.54) is 17.9 Å². The van der Waals surface area contributed by atoms with E-state index in [1.54, 1.807) is 0 Å². The van der Waals surface area contributed by atoms with Gasteiger partial charge < -0.3 is 4.57 Å². The topological polar surface area (TPSA) is 17.8 Å². The Morgan fingerprint density at radius 3 is 3.00 bits per heavy atom. The first kappa shape index (κ1) is 8.79. The van der Waals surface area contributed by atoms with Gasteiger partial charge in [-0.2, -0.15) is 0 Å². The molecule has 0 fully saturated rings. The summed E-state index contributed by atoms with van der Waals surface area (Å²) in [6, 6.07) is 0.649. The molecule has 2 atom stereocenters. The number of imidazole rings is 1. The van der Waals surface area contributed by atoms with Crippen LogP contribution < -0.4 is 0 Å². The molecule has 1 aliphatic rings. The Hall–Kier alpha value is -0.790. The van der Waals surface area contributed by atoms with Gasteiger partial charge in [0.15, 0.2) is 0 Å². The van der Waals surface area contributed by atoms with Crippen LogP contribution in [0.15, 0.2) is 6.20 Å². The zero-order chi connectivity index (χ0) is 9.42. The van der Waals surface area contributed by atoms with Crippen molar-refractivity contribution in [3.63, 3.8) is 0 Å². The monoisotopic (exact) mass is 178 g/mol. The lowest BCUT2D eigenvalue weighted by Crippen LogP contribution is -2.22. The van der Waals surface area contributed by atoms with Gasteiger partial charge in [-0.3, -0.25) is 0 Å². The van der Waals surface area contributed by atoms with Crippen molar-refractivity contribution in [3.05, 3.63) is 17.7 Å². The van der Waals surface area contributed by atoms with Gasteiger partial charge in [-0.1, -0.05) is 13.8 Å². The Morgan fingerprint density at radius 2 is 2.31 bits per heavy atom. The number of aromatic nitrogens is 2. The molecule has 0 saturated carbocycles. The van der Waals surface area contributed by atoms with Crippen LogP contribution >= 0.6 is 0 Å². The van der Waals surface area contributed by atoms with Crippen molar-refractivity contribution in [2.45, 2.75) is 46.1 Å². The minimum Gasteiger partial charge on any atom is -0.329 e. The van der Waals surface area contributed by atoms with E-state index >= 15 is 0 Å². The van der Waals surface area contributed by atoms with Gasteiger partial charge in [0.05, 0.1) is 0 Å². The maximum absolute atomic E-state index is 4.49. The highest BCUT2D eigenvalue weighted by Crippen LogP contribution is 2.29. The van der Waals surface area contributed by atoms with Crippen LogP contribution in [0.25, 0.3) is 0 Å². The molecule has 0 radical (unpaired) electrons. The van der Waals surface area contributed by atoms with Crippen molar-refractivity contribution in [2.75, 3.05) is 0 Å². The molecule has 2 heterocycles. The Bertz CT molecular complexity index is 301. The predicted molar refractivity (Wildman–Crippen MR) is 53.8 cm³/mol. The zero-order valence-corrected chi connectivity index (χ0v) is 8.75. The molecular formula is C11H18N2. The summed E-state index contributed by atoms with van der Waals surface area (Å²) in [6.07, 6.45) is 5.61. The summed E-state index contributed by atoms with van der Waals surface area (Å²) < 4.78 is 2.43. The largest absolute Gasteiger partial charge is 0.329 e. The molecule has 0 bridgehead atoms. The lowest BCUT2D eigenvalue weighted by atomic mass is 9.95. The normalized spacial score (nSPS) is 27.3. The molecular weight excluding hydrogens is 160 g/mol. The molecule has 2 nitrogen and oxygen atoms in total. The van der Waals surface area contributed by atoms with Crippen LogP contribution in [0.3, 0.4) is 0 Å². The quantitative estimate of drug-likeness (QED) is 0.646. The molecule has 0 amide bonds. The van der Waals surface area contributed by atoms with E-state index in [0.717, 1.165) is 18.8 Å². The summed E-state index contributed by atoms with van der Waals surface area (Å²) in [6.45, 7) is 6.83. The highest BCUT2D eigenvalue weighted by atomic mass is 15.1. The lowest BCUT2D eigenvalue weighted by molar-refractivity contribution is 0.337. The van der Waals surface area contributed by atoms with E-state index in [9.17, 15) is 0 Å². The fraction of sp³-hybridized carbons (Fsp3) is 0.727. The third-order valence-electron chi connectivity index (χ3n) is 3.03. The highest BCUT2D eigenvalue weighted by molar-refractivity contribution is 5.10. The van der Waals surface area contributed by atoms with E-state index in [-0.39, 0.29) is 0 Å². The van der Waals surface area contributed by atoms with Crippen LogP contribution in [-0.4, -0.2) is 9.55 Å². The number of hydrogen-bond donors (Lipinski definition) is 0.